The van der Waals surface area contributed by atoms with Crippen LogP contribution in [0.5, 0.6) is 11.5 Å². The molecule has 102 valence electrons. The Morgan fingerprint density at radius 3 is 2.56 bits per heavy atom. The second-order valence-electron chi connectivity index (χ2n) is 4.05. The third kappa shape index (κ3) is 4.94. The summed E-state index contributed by atoms with van der Waals surface area (Å²) in [6.07, 6.45) is 2.19. The third-order valence-electron chi connectivity index (χ3n) is 2.76. The van der Waals surface area contributed by atoms with Crippen LogP contribution in [-0.2, 0) is 11.3 Å². The predicted molar refractivity (Wildman–Crippen MR) is 72.4 cm³/mol. The van der Waals surface area contributed by atoms with E-state index in [0.717, 1.165) is 49.6 Å². The summed E-state index contributed by atoms with van der Waals surface area (Å²) in [6.45, 7) is 2.58. The third-order valence-corrected chi connectivity index (χ3v) is 2.76. The van der Waals surface area contributed by atoms with Crippen molar-refractivity contribution in [2.75, 3.05) is 34.5 Å². The van der Waals surface area contributed by atoms with Gasteiger partial charge in [-0.25, -0.2) is 0 Å². The van der Waals surface area contributed by atoms with Crippen LogP contribution >= 0.6 is 0 Å². The number of rotatable bonds is 9. The number of methoxy groups -OCH3 is 3. The standard InChI is InChI=1S/C14H23NO3/c1-16-9-5-4-8-15-11-12-10-13(17-2)6-7-14(12)18-3/h6-7,10,15H,4-5,8-9,11H2,1-3H3. The van der Waals surface area contributed by atoms with E-state index in [9.17, 15) is 0 Å². The summed E-state index contributed by atoms with van der Waals surface area (Å²) in [6, 6.07) is 5.84. The lowest BCUT2D eigenvalue weighted by Crippen LogP contribution is -2.15. The number of hydrogen-bond donors (Lipinski definition) is 1. The van der Waals surface area contributed by atoms with Gasteiger partial charge in [0, 0.05) is 25.8 Å². The lowest BCUT2D eigenvalue weighted by atomic mass is 10.2. The van der Waals surface area contributed by atoms with E-state index in [-0.39, 0.29) is 0 Å². The van der Waals surface area contributed by atoms with Gasteiger partial charge >= 0.3 is 0 Å². The fourth-order valence-electron chi connectivity index (χ4n) is 1.74. The van der Waals surface area contributed by atoms with E-state index in [0.29, 0.717) is 0 Å². The molecule has 0 aromatic heterocycles. The molecule has 0 aliphatic heterocycles. The molecule has 0 bridgehead atoms. The van der Waals surface area contributed by atoms with Gasteiger partial charge in [-0.05, 0) is 37.6 Å². The van der Waals surface area contributed by atoms with Crippen LogP contribution < -0.4 is 14.8 Å². The van der Waals surface area contributed by atoms with E-state index in [1.54, 1.807) is 21.3 Å². The van der Waals surface area contributed by atoms with Crippen molar-refractivity contribution in [3.05, 3.63) is 23.8 Å². The summed E-state index contributed by atoms with van der Waals surface area (Å²) in [5, 5.41) is 3.40. The Bertz CT molecular complexity index is 342. The zero-order valence-electron chi connectivity index (χ0n) is 11.5. The van der Waals surface area contributed by atoms with Crippen molar-refractivity contribution in [1.82, 2.24) is 5.32 Å². The number of benzene rings is 1. The van der Waals surface area contributed by atoms with Crippen molar-refractivity contribution in [1.29, 1.82) is 0 Å². The Hall–Kier alpha value is -1.26. The van der Waals surface area contributed by atoms with Gasteiger partial charge in [0.15, 0.2) is 0 Å². The number of unbranched alkanes of at least 4 members (excludes halogenated alkanes) is 1. The molecule has 0 amide bonds. The molecule has 4 nitrogen and oxygen atoms in total. The molecule has 0 aliphatic carbocycles. The van der Waals surface area contributed by atoms with Crippen molar-refractivity contribution in [2.24, 2.45) is 0 Å². The molecule has 1 aromatic rings. The van der Waals surface area contributed by atoms with Gasteiger partial charge in [-0.15, -0.1) is 0 Å². The molecule has 0 unspecified atom stereocenters. The first-order chi connectivity index (χ1) is 8.81. The summed E-state index contributed by atoms with van der Waals surface area (Å²) in [5.74, 6) is 1.74. The SMILES string of the molecule is COCCCCNCc1cc(OC)ccc1OC. The average molecular weight is 253 g/mol. The Morgan fingerprint density at radius 2 is 1.89 bits per heavy atom. The minimum absolute atomic E-state index is 0.785. The van der Waals surface area contributed by atoms with Crippen molar-refractivity contribution < 1.29 is 14.2 Å². The van der Waals surface area contributed by atoms with E-state index < -0.39 is 0 Å². The molecular formula is C14H23NO3. The Labute approximate surface area is 109 Å². The lowest BCUT2D eigenvalue weighted by molar-refractivity contribution is 0.192. The molecule has 1 aromatic carbocycles. The summed E-state index contributed by atoms with van der Waals surface area (Å²) in [7, 11) is 5.09. The van der Waals surface area contributed by atoms with Crippen LogP contribution in [0.2, 0.25) is 0 Å². The molecule has 18 heavy (non-hydrogen) atoms. The molecule has 1 N–H and O–H groups in total. The van der Waals surface area contributed by atoms with Gasteiger partial charge in [0.25, 0.3) is 0 Å². The predicted octanol–water partition coefficient (Wildman–Crippen LogP) is 2.22. The number of ether oxygens (including phenoxy) is 3. The van der Waals surface area contributed by atoms with Crippen LogP contribution in [0.4, 0.5) is 0 Å². The second kappa shape index (κ2) is 8.78. The minimum atomic E-state index is 0.785. The topological polar surface area (TPSA) is 39.7 Å². The Kier molecular flexibility index (Phi) is 7.22. The van der Waals surface area contributed by atoms with E-state index in [4.69, 9.17) is 14.2 Å². The minimum Gasteiger partial charge on any atom is -0.497 e. The summed E-state index contributed by atoms with van der Waals surface area (Å²) in [5.41, 5.74) is 1.11. The first-order valence-electron chi connectivity index (χ1n) is 6.22. The smallest absolute Gasteiger partial charge is 0.123 e. The first-order valence-corrected chi connectivity index (χ1v) is 6.22. The molecular weight excluding hydrogens is 230 g/mol. The van der Waals surface area contributed by atoms with Crippen LogP contribution in [0, 0.1) is 0 Å². The van der Waals surface area contributed by atoms with Gasteiger partial charge in [0.05, 0.1) is 14.2 Å². The Morgan fingerprint density at radius 1 is 1.06 bits per heavy atom. The second-order valence-corrected chi connectivity index (χ2v) is 4.05. The van der Waals surface area contributed by atoms with Crippen LogP contribution in [0.25, 0.3) is 0 Å². The van der Waals surface area contributed by atoms with E-state index >= 15 is 0 Å². The maximum Gasteiger partial charge on any atom is 0.123 e. The van der Waals surface area contributed by atoms with Gasteiger partial charge in [-0.1, -0.05) is 0 Å². The maximum atomic E-state index is 5.32. The molecule has 4 heteroatoms. The quantitative estimate of drug-likeness (QED) is 0.685. The molecule has 0 fully saturated rings. The highest BCUT2D eigenvalue weighted by atomic mass is 16.5. The molecule has 0 aliphatic rings. The highest BCUT2D eigenvalue weighted by molar-refractivity contribution is 5.40. The van der Waals surface area contributed by atoms with E-state index in [2.05, 4.69) is 5.32 Å². The summed E-state index contributed by atoms with van der Waals surface area (Å²) >= 11 is 0. The van der Waals surface area contributed by atoms with Crippen LogP contribution in [0.1, 0.15) is 18.4 Å². The maximum absolute atomic E-state index is 5.32. The summed E-state index contributed by atoms with van der Waals surface area (Å²) < 4.78 is 15.5. The van der Waals surface area contributed by atoms with E-state index in [1.807, 2.05) is 18.2 Å². The fraction of sp³-hybridized carbons (Fsp3) is 0.571. The highest BCUT2D eigenvalue weighted by Crippen LogP contribution is 2.23. The number of hydrogen-bond acceptors (Lipinski definition) is 4. The highest BCUT2D eigenvalue weighted by Gasteiger charge is 2.04. The van der Waals surface area contributed by atoms with Crippen molar-refractivity contribution >= 4 is 0 Å². The fourth-order valence-corrected chi connectivity index (χ4v) is 1.74. The van der Waals surface area contributed by atoms with Gasteiger partial charge in [0.2, 0.25) is 0 Å². The normalized spacial score (nSPS) is 10.4. The molecule has 0 spiro atoms. The molecule has 0 heterocycles. The van der Waals surface area contributed by atoms with Crippen LogP contribution in [0.15, 0.2) is 18.2 Å². The molecule has 0 saturated heterocycles. The van der Waals surface area contributed by atoms with E-state index in [1.165, 1.54) is 0 Å². The van der Waals surface area contributed by atoms with Crippen LogP contribution in [-0.4, -0.2) is 34.5 Å². The zero-order valence-corrected chi connectivity index (χ0v) is 11.5. The van der Waals surface area contributed by atoms with Crippen molar-refractivity contribution in [3.8, 4) is 11.5 Å². The van der Waals surface area contributed by atoms with Gasteiger partial charge < -0.3 is 19.5 Å². The molecule has 1 rings (SSSR count). The van der Waals surface area contributed by atoms with Gasteiger partial charge in [0.1, 0.15) is 11.5 Å². The van der Waals surface area contributed by atoms with Crippen molar-refractivity contribution in [3.63, 3.8) is 0 Å². The zero-order chi connectivity index (χ0) is 13.2. The van der Waals surface area contributed by atoms with Crippen LogP contribution in [0.3, 0.4) is 0 Å². The van der Waals surface area contributed by atoms with Gasteiger partial charge in [-0.2, -0.15) is 0 Å². The van der Waals surface area contributed by atoms with Gasteiger partial charge in [-0.3, -0.25) is 0 Å². The van der Waals surface area contributed by atoms with Crippen molar-refractivity contribution in [2.45, 2.75) is 19.4 Å². The number of nitrogens with one attached hydrogen (secondary N) is 1. The largest absolute Gasteiger partial charge is 0.497 e. The molecule has 0 saturated carbocycles. The molecule has 0 radical (unpaired) electrons. The summed E-state index contributed by atoms with van der Waals surface area (Å²) in [4.78, 5) is 0. The Balaban J connectivity index is 2.39. The first kappa shape index (κ1) is 14.8. The lowest BCUT2D eigenvalue weighted by Gasteiger charge is -2.11. The average Bonchev–Trinajstić information content (AvgIpc) is 2.42. The monoisotopic (exact) mass is 253 g/mol. The molecule has 0 atom stereocenters.